The summed E-state index contributed by atoms with van der Waals surface area (Å²) in [6.45, 7) is 3.50. The van der Waals surface area contributed by atoms with Crippen LogP contribution in [0.3, 0.4) is 0 Å². The number of rotatable bonds is 12. The summed E-state index contributed by atoms with van der Waals surface area (Å²) >= 11 is 0. The van der Waals surface area contributed by atoms with Crippen molar-refractivity contribution in [3.63, 3.8) is 0 Å². The van der Waals surface area contributed by atoms with E-state index in [1.54, 1.807) is 0 Å². The van der Waals surface area contributed by atoms with E-state index < -0.39 is 12.0 Å². The number of esters is 1. The number of ether oxygens (including phenoxy) is 2. The second-order valence-electron chi connectivity index (χ2n) is 8.14. The molecule has 34 heavy (non-hydrogen) atoms. The first kappa shape index (κ1) is 25.1. The second-order valence-corrected chi connectivity index (χ2v) is 8.14. The maximum Gasteiger partial charge on any atom is 0.308 e. The third kappa shape index (κ3) is 7.79. The van der Waals surface area contributed by atoms with Crippen LogP contribution in [0.2, 0.25) is 0 Å². The fraction of sp³-hybridized carbons (Fsp3) is 0.423. The molecule has 1 aliphatic rings. The first-order valence-corrected chi connectivity index (χ1v) is 11.8. The number of carbonyl (C=O) groups is 3. The van der Waals surface area contributed by atoms with Gasteiger partial charge in [-0.3, -0.25) is 14.4 Å². The van der Waals surface area contributed by atoms with Crippen molar-refractivity contribution in [2.24, 2.45) is 0 Å². The second kappa shape index (κ2) is 13.2. The van der Waals surface area contributed by atoms with E-state index in [1.807, 2.05) is 49.4 Å². The van der Waals surface area contributed by atoms with Crippen molar-refractivity contribution in [1.82, 2.24) is 10.2 Å². The van der Waals surface area contributed by atoms with Gasteiger partial charge in [0.05, 0.1) is 26.2 Å². The summed E-state index contributed by atoms with van der Waals surface area (Å²) in [4.78, 5) is 38.6. The number of nitrogens with one attached hydrogen (secondary N) is 2. The molecule has 2 N–H and O–H groups in total. The van der Waals surface area contributed by atoms with E-state index >= 15 is 0 Å². The zero-order chi connectivity index (χ0) is 24.2. The first-order valence-electron chi connectivity index (χ1n) is 11.8. The predicted octanol–water partition coefficient (Wildman–Crippen LogP) is 2.78. The minimum absolute atomic E-state index is 0.00521. The first-order chi connectivity index (χ1) is 16.6. The molecular formula is C26H33N3O5. The quantitative estimate of drug-likeness (QED) is 0.368. The molecule has 1 heterocycles. The lowest BCUT2D eigenvalue weighted by atomic mass is 10.1. The van der Waals surface area contributed by atoms with Crippen LogP contribution < -0.4 is 15.4 Å². The molecular weight excluding hydrogens is 434 g/mol. The van der Waals surface area contributed by atoms with E-state index in [2.05, 4.69) is 22.8 Å². The topological polar surface area (TPSA) is 97.0 Å². The monoisotopic (exact) mass is 467 g/mol. The molecule has 0 aromatic heterocycles. The van der Waals surface area contributed by atoms with Crippen LogP contribution >= 0.6 is 0 Å². The minimum Gasteiger partial charge on any atom is -0.494 e. The van der Waals surface area contributed by atoms with Gasteiger partial charge in [0.15, 0.2) is 0 Å². The molecule has 0 aliphatic carbocycles. The fourth-order valence-corrected chi connectivity index (χ4v) is 3.73. The lowest BCUT2D eigenvalue weighted by Gasteiger charge is -2.34. The minimum atomic E-state index is -0.855. The highest BCUT2D eigenvalue weighted by Crippen LogP contribution is 2.18. The summed E-state index contributed by atoms with van der Waals surface area (Å²) in [6.07, 6.45) is 2.40. The van der Waals surface area contributed by atoms with Gasteiger partial charge in [-0.2, -0.15) is 0 Å². The molecule has 1 unspecified atom stereocenters. The Morgan fingerprint density at radius 2 is 1.94 bits per heavy atom. The van der Waals surface area contributed by atoms with Crippen molar-refractivity contribution in [2.75, 3.05) is 38.2 Å². The summed E-state index contributed by atoms with van der Waals surface area (Å²) in [6, 6.07) is 16.9. The van der Waals surface area contributed by atoms with Crippen LogP contribution in [-0.2, 0) is 25.5 Å². The number of hydrogen-bond donors (Lipinski definition) is 2. The molecule has 2 amide bonds. The molecule has 1 fully saturated rings. The molecule has 0 spiro atoms. The zero-order valence-corrected chi connectivity index (χ0v) is 19.6. The average molecular weight is 468 g/mol. The van der Waals surface area contributed by atoms with Crippen LogP contribution in [0.4, 0.5) is 5.69 Å². The van der Waals surface area contributed by atoms with Gasteiger partial charge in [0.1, 0.15) is 11.8 Å². The van der Waals surface area contributed by atoms with Crippen molar-refractivity contribution in [2.45, 2.75) is 38.6 Å². The van der Waals surface area contributed by atoms with Gasteiger partial charge in [0.2, 0.25) is 11.8 Å². The number of piperazine rings is 1. The highest BCUT2D eigenvalue weighted by molar-refractivity contribution is 5.93. The summed E-state index contributed by atoms with van der Waals surface area (Å²) < 4.78 is 11.0. The van der Waals surface area contributed by atoms with E-state index in [0.29, 0.717) is 32.7 Å². The Bertz CT molecular complexity index is 950. The fourth-order valence-electron chi connectivity index (χ4n) is 3.73. The smallest absolute Gasteiger partial charge is 0.308 e. The molecule has 2 aromatic rings. The molecule has 3 rings (SSSR count). The van der Waals surface area contributed by atoms with Crippen molar-refractivity contribution in [1.29, 1.82) is 0 Å². The Morgan fingerprint density at radius 1 is 1.12 bits per heavy atom. The SMILES string of the molecule is CCCOC(=O)CC1C(=O)NCCN1C(=O)CNc1cccc(OCCCc2ccccc2)c1. The number of anilines is 1. The summed E-state index contributed by atoms with van der Waals surface area (Å²) in [5, 5.41) is 5.82. The van der Waals surface area contributed by atoms with E-state index in [0.717, 1.165) is 24.3 Å². The van der Waals surface area contributed by atoms with Crippen molar-refractivity contribution in [3.05, 3.63) is 60.2 Å². The van der Waals surface area contributed by atoms with Gasteiger partial charge in [0, 0.05) is 24.8 Å². The average Bonchev–Trinajstić information content (AvgIpc) is 2.86. The Labute approximate surface area is 200 Å². The predicted molar refractivity (Wildman–Crippen MR) is 130 cm³/mol. The van der Waals surface area contributed by atoms with Gasteiger partial charge in [-0.25, -0.2) is 0 Å². The van der Waals surface area contributed by atoms with Crippen molar-refractivity contribution >= 4 is 23.5 Å². The van der Waals surface area contributed by atoms with Crippen LogP contribution in [0.1, 0.15) is 31.7 Å². The molecule has 0 bridgehead atoms. The van der Waals surface area contributed by atoms with Gasteiger partial charge >= 0.3 is 5.97 Å². The Morgan fingerprint density at radius 3 is 2.74 bits per heavy atom. The lowest BCUT2D eigenvalue weighted by molar-refractivity contribution is -0.151. The molecule has 1 saturated heterocycles. The standard InChI is InChI=1S/C26H33N3O5/c1-2-15-34-25(31)18-23-26(32)27-13-14-29(23)24(30)19-28-21-11-6-12-22(17-21)33-16-7-10-20-8-4-3-5-9-20/h3-6,8-9,11-12,17,23,28H,2,7,10,13-16,18-19H2,1H3,(H,27,32). The van der Waals surface area contributed by atoms with E-state index in [4.69, 9.17) is 9.47 Å². The number of aryl methyl sites for hydroxylation is 1. The highest BCUT2D eigenvalue weighted by Gasteiger charge is 2.34. The molecule has 182 valence electrons. The van der Waals surface area contributed by atoms with Crippen LogP contribution in [0.25, 0.3) is 0 Å². The van der Waals surface area contributed by atoms with Crippen molar-refractivity contribution < 1.29 is 23.9 Å². The Balaban J connectivity index is 1.48. The van der Waals surface area contributed by atoms with Gasteiger partial charge in [-0.1, -0.05) is 43.3 Å². The number of carbonyl (C=O) groups excluding carboxylic acids is 3. The third-order valence-electron chi connectivity index (χ3n) is 5.48. The molecule has 1 atom stereocenters. The van der Waals surface area contributed by atoms with Crippen molar-refractivity contribution in [3.8, 4) is 5.75 Å². The summed E-state index contributed by atoms with van der Waals surface area (Å²) in [5.41, 5.74) is 2.03. The Hall–Kier alpha value is -3.55. The molecule has 0 saturated carbocycles. The largest absolute Gasteiger partial charge is 0.494 e. The van der Waals surface area contributed by atoms with Gasteiger partial charge in [0.25, 0.3) is 0 Å². The number of benzene rings is 2. The molecule has 8 nitrogen and oxygen atoms in total. The normalized spacial score (nSPS) is 15.4. The number of nitrogens with zero attached hydrogens (tertiary/aromatic N) is 1. The Kier molecular flexibility index (Phi) is 9.76. The maximum atomic E-state index is 12.9. The van der Waals surface area contributed by atoms with Gasteiger partial charge in [-0.15, -0.1) is 0 Å². The molecule has 8 heteroatoms. The van der Waals surface area contributed by atoms with E-state index in [9.17, 15) is 14.4 Å². The van der Waals surface area contributed by atoms with Gasteiger partial charge < -0.3 is 25.0 Å². The third-order valence-corrected chi connectivity index (χ3v) is 5.48. The number of hydrogen-bond acceptors (Lipinski definition) is 6. The van der Waals surface area contributed by atoms with Gasteiger partial charge in [-0.05, 0) is 37.0 Å². The molecule has 1 aliphatic heterocycles. The molecule has 0 radical (unpaired) electrons. The summed E-state index contributed by atoms with van der Waals surface area (Å²) in [5.74, 6) is -0.345. The van der Waals surface area contributed by atoms with E-state index in [-0.39, 0.29) is 24.8 Å². The number of amides is 2. The highest BCUT2D eigenvalue weighted by atomic mass is 16.5. The zero-order valence-electron chi connectivity index (χ0n) is 19.6. The lowest BCUT2D eigenvalue weighted by Crippen LogP contribution is -2.58. The summed E-state index contributed by atoms with van der Waals surface area (Å²) in [7, 11) is 0. The molecule has 2 aromatic carbocycles. The van der Waals surface area contributed by atoms with E-state index in [1.165, 1.54) is 10.5 Å². The van der Waals surface area contributed by atoms with Crippen LogP contribution in [0.15, 0.2) is 54.6 Å². The van der Waals surface area contributed by atoms with Crippen LogP contribution in [0, 0.1) is 0 Å². The van der Waals surface area contributed by atoms with Crippen LogP contribution in [-0.4, -0.2) is 61.6 Å². The van der Waals surface area contributed by atoms with Crippen LogP contribution in [0.5, 0.6) is 5.75 Å². The maximum absolute atomic E-state index is 12.9.